The van der Waals surface area contributed by atoms with Crippen LogP contribution in [0.3, 0.4) is 0 Å². The van der Waals surface area contributed by atoms with Crippen molar-refractivity contribution in [1.82, 2.24) is 4.72 Å². The molecule has 0 saturated heterocycles. The van der Waals surface area contributed by atoms with E-state index in [0.29, 0.717) is 12.1 Å². The summed E-state index contributed by atoms with van der Waals surface area (Å²) in [4.78, 5) is -1.25. The molecule has 2 aromatic carbocycles. The monoisotopic (exact) mass is 495 g/mol. The maximum absolute atomic E-state index is 13.5. The molecular weight excluding hydrogens is 481 g/mol. The molecular formula is C19H14F5NO5S2. The number of sulfonamides is 1. The Kier molecular flexibility index (Phi) is 6.45. The summed E-state index contributed by atoms with van der Waals surface area (Å²) in [6, 6.07) is 7.43. The van der Waals surface area contributed by atoms with Gasteiger partial charge in [-0.1, -0.05) is 0 Å². The highest BCUT2D eigenvalue weighted by Gasteiger charge is 2.36. The number of hydrogen-bond acceptors (Lipinski definition) is 5. The Bertz CT molecular complexity index is 1300. The summed E-state index contributed by atoms with van der Waals surface area (Å²) >= 11 is 0. The summed E-state index contributed by atoms with van der Waals surface area (Å²) in [7, 11) is -8.99. The van der Waals surface area contributed by atoms with Crippen molar-refractivity contribution in [1.29, 1.82) is 0 Å². The van der Waals surface area contributed by atoms with E-state index in [-0.39, 0.29) is 16.7 Å². The zero-order valence-electron chi connectivity index (χ0n) is 15.8. The number of alkyl halides is 3. The average molecular weight is 495 g/mol. The van der Waals surface area contributed by atoms with Crippen LogP contribution in [0, 0.1) is 11.6 Å². The number of nitrogens with one attached hydrogen (secondary N) is 1. The molecule has 0 radical (unpaired) electrons. The molecule has 1 heterocycles. The molecule has 32 heavy (non-hydrogen) atoms. The van der Waals surface area contributed by atoms with Crippen molar-refractivity contribution in [2.45, 2.75) is 21.2 Å². The van der Waals surface area contributed by atoms with E-state index in [4.69, 9.17) is 4.42 Å². The minimum atomic E-state index is -5.14. The normalized spacial score (nSPS) is 13.8. The van der Waals surface area contributed by atoms with Gasteiger partial charge in [-0.05, 0) is 54.6 Å². The molecule has 1 N–H and O–H groups in total. The second-order valence-corrected chi connectivity index (χ2v) is 10.4. The van der Waals surface area contributed by atoms with Gasteiger partial charge in [0, 0.05) is 6.54 Å². The Labute approximate surface area is 179 Å². The molecule has 0 fully saturated rings. The van der Waals surface area contributed by atoms with Crippen molar-refractivity contribution >= 4 is 19.9 Å². The minimum Gasteiger partial charge on any atom is -0.468 e. The number of sulfone groups is 1. The molecule has 0 aliphatic carbocycles. The van der Waals surface area contributed by atoms with Gasteiger partial charge in [0.25, 0.3) is 0 Å². The topological polar surface area (TPSA) is 93.4 Å². The maximum atomic E-state index is 13.5. The predicted molar refractivity (Wildman–Crippen MR) is 102 cm³/mol. The van der Waals surface area contributed by atoms with E-state index < -0.39 is 59.9 Å². The number of rotatable bonds is 7. The van der Waals surface area contributed by atoms with Crippen molar-refractivity contribution in [3.8, 4) is 0 Å². The van der Waals surface area contributed by atoms with E-state index in [1.165, 1.54) is 12.1 Å². The lowest BCUT2D eigenvalue weighted by atomic mass is 10.2. The third-order valence-corrected chi connectivity index (χ3v) is 7.89. The van der Waals surface area contributed by atoms with Crippen LogP contribution in [0.5, 0.6) is 0 Å². The second kappa shape index (κ2) is 8.64. The molecule has 3 aromatic rings. The van der Waals surface area contributed by atoms with Crippen LogP contribution < -0.4 is 4.72 Å². The highest BCUT2D eigenvalue weighted by Crippen LogP contribution is 2.33. The standard InChI is InChI=1S/C19H14F5NO5S2/c20-12-3-5-13(6-4-12)31(26,27)18(17-2-1-9-30-17)11-25-32(28,29)14-7-8-16(21)15(10-14)19(22,23)24/h1-10,18,25H,11H2/t18-/m1/s1. The molecule has 0 saturated carbocycles. The van der Waals surface area contributed by atoms with Gasteiger partial charge in [-0.25, -0.2) is 30.3 Å². The molecule has 0 aliphatic heterocycles. The molecule has 1 atom stereocenters. The van der Waals surface area contributed by atoms with Crippen LogP contribution in [-0.2, 0) is 26.0 Å². The van der Waals surface area contributed by atoms with Crippen molar-refractivity contribution in [3.63, 3.8) is 0 Å². The van der Waals surface area contributed by atoms with Gasteiger partial charge in [-0.15, -0.1) is 0 Å². The third kappa shape index (κ3) is 5.00. The van der Waals surface area contributed by atoms with E-state index in [9.17, 15) is 38.8 Å². The molecule has 0 amide bonds. The number of halogens is 5. The largest absolute Gasteiger partial charge is 0.468 e. The molecule has 0 spiro atoms. The van der Waals surface area contributed by atoms with Gasteiger partial charge in [-0.2, -0.15) is 13.2 Å². The van der Waals surface area contributed by atoms with E-state index in [2.05, 4.69) is 0 Å². The van der Waals surface area contributed by atoms with E-state index >= 15 is 0 Å². The number of benzene rings is 2. The zero-order chi connectivity index (χ0) is 23.7. The van der Waals surface area contributed by atoms with Crippen molar-refractivity contribution in [2.75, 3.05) is 6.54 Å². The van der Waals surface area contributed by atoms with Crippen LogP contribution in [0.1, 0.15) is 16.6 Å². The Morgan fingerprint density at radius 2 is 1.53 bits per heavy atom. The Hall–Kier alpha value is -2.77. The second-order valence-electron chi connectivity index (χ2n) is 6.49. The molecule has 1 aromatic heterocycles. The van der Waals surface area contributed by atoms with Gasteiger partial charge < -0.3 is 4.42 Å². The Morgan fingerprint density at radius 3 is 2.09 bits per heavy atom. The minimum absolute atomic E-state index is 0.105. The summed E-state index contributed by atoms with van der Waals surface area (Å²) in [6.45, 7) is -0.825. The first kappa shape index (κ1) is 23.9. The molecule has 6 nitrogen and oxygen atoms in total. The summed E-state index contributed by atoms with van der Waals surface area (Å²) < 4.78 is 123. The van der Waals surface area contributed by atoms with Gasteiger partial charge in [0.05, 0.1) is 21.6 Å². The zero-order valence-corrected chi connectivity index (χ0v) is 17.4. The lowest BCUT2D eigenvalue weighted by Crippen LogP contribution is -2.32. The molecule has 0 bridgehead atoms. The molecule has 0 unspecified atom stereocenters. The van der Waals surface area contributed by atoms with E-state index in [1.54, 1.807) is 0 Å². The predicted octanol–water partition coefficient (Wildman–Crippen LogP) is 4.07. The van der Waals surface area contributed by atoms with Crippen molar-refractivity contribution in [3.05, 3.63) is 83.8 Å². The van der Waals surface area contributed by atoms with Crippen LogP contribution in [0.2, 0.25) is 0 Å². The Morgan fingerprint density at radius 1 is 0.906 bits per heavy atom. The number of hydrogen-bond donors (Lipinski definition) is 1. The van der Waals surface area contributed by atoms with Gasteiger partial charge in [-0.3, -0.25) is 0 Å². The quantitative estimate of drug-likeness (QED) is 0.394. The first-order valence-electron chi connectivity index (χ1n) is 8.71. The van der Waals surface area contributed by atoms with Gasteiger partial charge >= 0.3 is 6.18 Å². The van der Waals surface area contributed by atoms with E-state index in [1.807, 2.05) is 4.72 Å². The third-order valence-electron chi connectivity index (χ3n) is 4.39. The summed E-state index contributed by atoms with van der Waals surface area (Å²) in [5, 5.41) is -1.62. The first-order valence-corrected chi connectivity index (χ1v) is 11.7. The molecule has 13 heteroatoms. The van der Waals surface area contributed by atoms with Crippen molar-refractivity contribution in [2.24, 2.45) is 0 Å². The lowest BCUT2D eigenvalue weighted by Gasteiger charge is -2.17. The van der Waals surface area contributed by atoms with Crippen LogP contribution in [0.4, 0.5) is 22.0 Å². The number of furan rings is 1. The molecule has 172 valence electrons. The SMILES string of the molecule is O=S(=O)(NC[C@H](c1ccco1)S(=O)(=O)c1ccc(F)cc1)c1ccc(F)c(C(F)(F)F)c1. The summed E-state index contributed by atoms with van der Waals surface area (Å²) in [6.07, 6.45) is -4.00. The van der Waals surface area contributed by atoms with Gasteiger partial charge in [0.2, 0.25) is 10.0 Å². The molecule has 3 rings (SSSR count). The van der Waals surface area contributed by atoms with Crippen molar-refractivity contribution < 1.29 is 43.2 Å². The highest BCUT2D eigenvalue weighted by atomic mass is 32.2. The summed E-state index contributed by atoms with van der Waals surface area (Å²) in [5.41, 5.74) is -1.79. The van der Waals surface area contributed by atoms with Crippen LogP contribution >= 0.6 is 0 Å². The fraction of sp³-hybridized carbons (Fsp3) is 0.158. The average Bonchev–Trinajstić information content (AvgIpc) is 3.21. The fourth-order valence-electron chi connectivity index (χ4n) is 2.78. The van der Waals surface area contributed by atoms with Crippen LogP contribution in [0.15, 0.2) is 75.1 Å². The van der Waals surface area contributed by atoms with E-state index in [0.717, 1.165) is 30.5 Å². The lowest BCUT2D eigenvalue weighted by molar-refractivity contribution is -0.140. The first-order chi connectivity index (χ1) is 14.8. The maximum Gasteiger partial charge on any atom is 0.419 e. The fourth-order valence-corrected chi connectivity index (χ4v) is 5.55. The van der Waals surface area contributed by atoms with Gasteiger partial charge in [0.15, 0.2) is 9.84 Å². The highest BCUT2D eigenvalue weighted by molar-refractivity contribution is 7.92. The summed E-state index contributed by atoms with van der Waals surface area (Å²) in [5.74, 6) is -2.52. The van der Waals surface area contributed by atoms with Crippen LogP contribution in [0.25, 0.3) is 0 Å². The Balaban J connectivity index is 1.94. The molecule has 0 aliphatic rings. The smallest absolute Gasteiger partial charge is 0.419 e. The van der Waals surface area contributed by atoms with Gasteiger partial charge in [0.1, 0.15) is 22.6 Å². The van der Waals surface area contributed by atoms with Crippen LogP contribution in [-0.4, -0.2) is 23.4 Å².